The zero-order valence-corrected chi connectivity index (χ0v) is 11.5. The highest BCUT2D eigenvalue weighted by Crippen LogP contribution is 2.29. The van der Waals surface area contributed by atoms with Crippen molar-refractivity contribution in [3.05, 3.63) is 35.7 Å². The van der Waals surface area contributed by atoms with E-state index >= 15 is 0 Å². The highest BCUT2D eigenvalue weighted by molar-refractivity contribution is 7.13. The Hall–Kier alpha value is -2.14. The Morgan fingerprint density at radius 1 is 1.16 bits per heavy atom. The third-order valence-electron chi connectivity index (χ3n) is 2.92. The lowest BCUT2D eigenvalue weighted by Gasteiger charge is -2.13. The molecule has 0 unspecified atom stereocenters. The van der Waals surface area contributed by atoms with Crippen LogP contribution in [0.5, 0.6) is 5.88 Å². The van der Waals surface area contributed by atoms with Crippen LogP contribution in [0.25, 0.3) is 21.6 Å². The second-order valence-electron chi connectivity index (χ2n) is 4.44. The molecule has 0 aliphatic rings. The highest BCUT2D eigenvalue weighted by atomic mass is 32.1. The molecule has 2 aromatic heterocycles. The molecule has 1 aromatic carbocycles. The summed E-state index contributed by atoms with van der Waals surface area (Å²) in [6, 6.07) is 9.63. The number of rotatable bonds is 2. The third-order valence-corrected chi connectivity index (χ3v) is 3.78. The third kappa shape index (κ3) is 2.13. The Morgan fingerprint density at radius 2 is 2.00 bits per heavy atom. The number of aromatic hydroxyl groups is 1. The van der Waals surface area contributed by atoms with Gasteiger partial charge in [-0.15, -0.1) is 11.3 Å². The number of thiophene rings is 1. The van der Waals surface area contributed by atoms with Gasteiger partial charge in [0.05, 0.1) is 15.8 Å². The van der Waals surface area contributed by atoms with Crippen molar-refractivity contribution in [1.82, 2.24) is 9.97 Å². The molecule has 0 atom stereocenters. The van der Waals surface area contributed by atoms with E-state index in [1.807, 2.05) is 54.7 Å². The average molecular weight is 271 g/mol. The number of benzene rings is 1. The molecular weight excluding hydrogens is 258 g/mol. The number of hydrogen-bond acceptors (Lipinski definition) is 5. The predicted molar refractivity (Wildman–Crippen MR) is 78.8 cm³/mol. The summed E-state index contributed by atoms with van der Waals surface area (Å²) in [6.07, 6.45) is 0. The van der Waals surface area contributed by atoms with Gasteiger partial charge in [-0.3, -0.25) is 0 Å². The van der Waals surface area contributed by atoms with Gasteiger partial charge in [-0.1, -0.05) is 6.07 Å². The van der Waals surface area contributed by atoms with Crippen molar-refractivity contribution in [1.29, 1.82) is 0 Å². The van der Waals surface area contributed by atoms with Crippen molar-refractivity contribution in [3.8, 4) is 16.6 Å². The van der Waals surface area contributed by atoms with Gasteiger partial charge in [0.1, 0.15) is 0 Å². The zero-order chi connectivity index (χ0) is 13.4. The van der Waals surface area contributed by atoms with Crippen molar-refractivity contribution < 1.29 is 5.11 Å². The fourth-order valence-electron chi connectivity index (χ4n) is 1.90. The van der Waals surface area contributed by atoms with Gasteiger partial charge >= 0.3 is 0 Å². The van der Waals surface area contributed by atoms with E-state index in [0.717, 1.165) is 16.1 Å². The first kappa shape index (κ1) is 11.9. The van der Waals surface area contributed by atoms with Crippen LogP contribution in [0.2, 0.25) is 0 Å². The summed E-state index contributed by atoms with van der Waals surface area (Å²) in [5, 5.41) is 12.7. The highest BCUT2D eigenvalue weighted by Gasteiger charge is 2.10. The van der Waals surface area contributed by atoms with E-state index in [0.29, 0.717) is 11.2 Å². The van der Waals surface area contributed by atoms with Crippen LogP contribution in [0, 0.1) is 0 Å². The van der Waals surface area contributed by atoms with Crippen LogP contribution in [0.1, 0.15) is 0 Å². The molecule has 19 heavy (non-hydrogen) atoms. The lowest BCUT2D eigenvalue weighted by molar-refractivity contribution is 0.460. The quantitative estimate of drug-likeness (QED) is 0.778. The zero-order valence-electron chi connectivity index (χ0n) is 10.7. The van der Waals surface area contributed by atoms with Crippen molar-refractivity contribution in [2.75, 3.05) is 19.0 Å². The van der Waals surface area contributed by atoms with E-state index in [1.54, 1.807) is 11.3 Å². The maximum atomic E-state index is 10.0. The molecule has 0 bridgehead atoms. The van der Waals surface area contributed by atoms with E-state index in [9.17, 15) is 5.11 Å². The minimum Gasteiger partial charge on any atom is -0.493 e. The summed E-state index contributed by atoms with van der Waals surface area (Å²) in [5.41, 5.74) is 1.80. The lowest BCUT2D eigenvalue weighted by atomic mass is 10.2. The smallest absolute Gasteiger partial charge is 0.222 e. The van der Waals surface area contributed by atoms with Crippen molar-refractivity contribution in [2.24, 2.45) is 0 Å². The van der Waals surface area contributed by atoms with Gasteiger partial charge in [0.25, 0.3) is 0 Å². The number of aromatic nitrogens is 2. The molecule has 0 saturated carbocycles. The van der Waals surface area contributed by atoms with Crippen molar-refractivity contribution in [2.45, 2.75) is 0 Å². The molecule has 96 valence electrons. The number of nitrogens with zero attached hydrogens (tertiary/aromatic N) is 3. The molecule has 0 saturated heterocycles. The van der Waals surface area contributed by atoms with E-state index in [4.69, 9.17) is 0 Å². The molecule has 5 heteroatoms. The Labute approximate surface area is 115 Å². The molecule has 4 nitrogen and oxygen atoms in total. The fourth-order valence-corrected chi connectivity index (χ4v) is 2.55. The molecule has 0 aliphatic carbocycles. The molecule has 3 rings (SSSR count). The van der Waals surface area contributed by atoms with Crippen LogP contribution in [-0.4, -0.2) is 29.2 Å². The van der Waals surface area contributed by atoms with Gasteiger partial charge in [0, 0.05) is 19.8 Å². The Kier molecular flexibility index (Phi) is 2.83. The molecule has 0 amide bonds. The average Bonchev–Trinajstić information content (AvgIpc) is 2.91. The second-order valence-corrected chi connectivity index (χ2v) is 5.39. The van der Waals surface area contributed by atoms with E-state index in [1.165, 1.54) is 0 Å². The molecule has 1 N–H and O–H groups in total. The van der Waals surface area contributed by atoms with Crippen molar-refractivity contribution in [3.63, 3.8) is 0 Å². The topological polar surface area (TPSA) is 49.2 Å². The summed E-state index contributed by atoms with van der Waals surface area (Å²) in [4.78, 5) is 11.6. The number of hydrogen-bond donors (Lipinski definition) is 1. The van der Waals surface area contributed by atoms with Gasteiger partial charge in [-0.05, 0) is 29.6 Å². The van der Waals surface area contributed by atoms with Gasteiger partial charge in [0.15, 0.2) is 5.82 Å². The van der Waals surface area contributed by atoms with Gasteiger partial charge in [0.2, 0.25) is 5.88 Å². The predicted octanol–water partition coefficient (Wildman–Crippen LogP) is 3.13. The molecular formula is C14H13N3OS. The van der Waals surface area contributed by atoms with Crippen LogP contribution in [0.3, 0.4) is 0 Å². The molecule has 0 fully saturated rings. The maximum Gasteiger partial charge on any atom is 0.222 e. The first-order valence-electron chi connectivity index (χ1n) is 5.87. The van der Waals surface area contributed by atoms with Crippen LogP contribution >= 0.6 is 11.3 Å². The number of fused-ring (bicyclic) bond motifs is 1. The van der Waals surface area contributed by atoms with Crippen LogP contribution in [-0.2, 0) is 0 Å². The molecule has 0 aliphatic heterocycles. The number of anilines is 1. The summed E-state index contributed by atoms with van der Waals surface area (Å²) < 4.78 is 0. The van der Waals surface area contributed by atoms with Crippen LogP contribution in [0.4, 0.5) is 5.69 Å². The Balaban J connectivity index is 2.23. The summed E-state index contributed by atoms with van der Waals surface area (Å²) in [6.45, 7) is 0. The summed E-state index contributed by atoms with van der Waals surface area (Å²) >= 11 is 1.56. The summed E-state index contributed by atoms with van der Waals surface area (Å²) in [7, 11) is 3.95. The fraction of sp³-hybridized carbons (Fsp3) is 0.143. The Bertz CT molecular complexity index is 723. The van der Waals surface area contributed by atoms with Gasteiger partial charge < -0.3 is 10.0 Å². The maximum absolute atomic E-state index is 10.0. The van der Waals surface area contributed by atoms with E-state index < -0.39 is 0 Å². The molecule has 2 heterocycles. The van der Waals surface area contributed by atoms with E-state index in [-0.39, 0.29) is 5.88 Å². The molecule has 0 spiro atoms. The monoisotopic (exact) mass is 271 g/mol. The van der Waals surface area contributed by atoms with Crippen LogP contribution in [0.15, 0.2) is 35.7 Å². The standard InChI is InChI=1S/C14H13N3OS/c1-17(2)9-5-6-10-11(8-9)15-13(16-14(10)18)12-4-3-7-19-12/h3-8H,1-2H3,(H,15,16,18). The SMILES string of the molecule is CN(C)c1ccc2c(O)nc(-c3cccs3)nc2c1. The molecule has 0 radical (unpaired) electrons. The largest absolute Gasteiger partial charge is 0.493 e. The van der Waals surface area contributed by atoms with Crippen molar-refractivity contribution >= 4 is 27.9 Å². The van der Waals surface area contributed by atoms with Gasteiger partial charge in [-0.25, -0.2) is 4.98 Å². The first-order chi connectivity index (χ1) is 9.15. The van der Waals surface area contributed by atoms with Gasteiger partial charge in [-0.2, -0.15) is 4.98 Å². The Morgan fingerprint density at radius 3 is 2.68 bits per heavy atom. The molecule has 3 aromatic rings. The minimum atomic E-state index is 0.0266. The van der Waals surface area contributed by atoms with E-state index in [2.05, 4.69) is 9.97 Å². The second kappa shape index (κ2) is 4.51. The normalized spacial score (nSPS) is 10.8. The minimum absolute atomic E-state index is 0.0266. The lowest BCUT2D eigenvalue weighted by Crippen LogP contribution is -2.08. The summed E-state index contributed by atoms with van der Waals surface area (Å²) in [5.74, 6) is 0.592. The van der Waals surface area contributed by atoms with Crippen LogP contribution < -0.4 is 4.90 Å². The first-order valence-corrected chi connectivity index (χ1v) is 6.75.